The van der Waals surface area contributed by atoms with Crippen LogP contribution in [-0.2, 0) is 6.54 Å². The van der Waals surface area contributed by atoms with Crippen molar-refractivity contribution in [2.75, 3.05) is 17.7 Å². The van der Waals surface area contributed by atoms with Gasteiger partial charge in [0.25, 0.3) is 0 Å². The van der Waals surface area contributed by atoms with E-state index in [0.29, 0.717) is 17.1 Å². The second kappa shape index (κ2) is 8.79. The number of phenols is 1. The van der Waals surface area contributed by atoms with E-state index in [9.17, 15) is 5.11 Å². The minimum atomic E-state index is 0.0401. The molecule has 0 saturated carbocycles. The SMILES string of the molecule is COc1ccc(-c2ccccc2)cc1N(Cc1cc(Cl)cc(Cl)c1O)SC. The predicted molar refractivity (Wildman–Crippen MR) is 116 cm³/mol. The molecule has 1 N–H and O–H groups in total. The molecule has 3 aromatic carbocycles. The molecular formula is C21H19Cl2NO2S. The van der Waals surface area contributed by atoms with E-state index in [1.165, 1.54) is 18.0 Å². The Bertz CT molecular complexity index is 935. The summed E-state index contributed by atoms with van der Waals surface area (Å²) in [7, 11) is 1.65. The summed E-state index contributed by atoms with van der Waals surface area (Å²) in [4.78, 5) is 0. The molecule has 3 rings (SSSR count). The molecular weight excluding hydrogens is 401 g/mol. The summed E-state index contributed by atoms with van der Waals surface area (Å²) in [6, 6.07) is 19.5. The lowest BCUT2D eigenvalue weighted by atomic mass is 10.0. The number of anilines is 1. The van der Waals surface area contributed by atoms with E-state index in [4.69, 9.17) is 27.9 Å². The zero-order valence-corrected chi connectivity index (χ0v) is 17.3. The van der Waals surface area contributed by atoms with Crippen LogP contribution in [0.15, 0.2) is 60.7 Å². The third-order valence-corrected chi connectivity index (χ3v) is 5.47. The fourth-order valence-corrected chi connectivity index (χ4v) is 3.98. The molecule has 0 atom stereocenters. The van der Waals surface area contributed by atoms with Crippen LogP contribution in [0.1, 0.15) is 5.56 Å². The van der Waals surface area contributed by atoms with Crippen LogP contribution in [0.25, 0.3) is 11.1 Å². The van der Waals surface area contributed by atoms with Gasteiger partial charge in [0.05, 0.1) is 24.4 Å². The summed E-state index contributed by atoms with van der Waals surface area (Å²) >= 11 is 13.7. The molecule has 0 aliphatic carbocycles. The maximum atomic E-state index is 10.3. The molecule has 140 valence electrons. The molecule has 0 saturated heterocycles. The van der Waals surface area contributed by atoms with E-state index in [-0.39, 0.29) is 10.8 Å². The molecule has 27 heavy (non-hydrogen) atoms. The van der Waals surface area contributed by atoms with Crippen molar-refractivity contribution in [3.8, 4) is 22.6 Å². The maximum Gasteiger partial charge on any atom is 0.143 e. The Morgan fingerprint density at radius 3 is 2.41 bits per heavy atom. The lowest BCUT2D eigenvalue weighted by molar-refractivity contribution is 0.415. The van der Waals surface area contributed by atoms with Gasteiger partial charge in [0.15, 0.2) is 0 Å². The molecule has 0 unspecified atom stereocenters. The fourth-order valence-electron chi connectivity index (χ4n) is 2.84. The molecule has 3 aromatic rings. The van der Waals surface area contributed by atoms with Gasteiger partial charge in [-0.2, -0.15) is 0 Å². The van der Waals surface area contributed by atoms with Gasteiger partial charge in [0.2, 0.25) is 0 Å². The standard InChI is InChI=1S/C21H19Cl2NO2S/c1-26-20-9-8-15(14-6-4-3-5-7-14)11-19(20)24(27-2)13-16-10-17(22)12-18(23)21(16)25/h3-12,25H,13H2,1-2H3. The highest BCUT2D eigenvalue weighted by Crippen LogP contribution is 2.39. The van der Waals surface area contributed by atoms with Crippen LogP contribution in [0.5, 0.6) is 11.5 Å². The van der Waals surface area contributed by atoms with E-state index in [0.717, 1.165) is 22.6 Å². The Balaban J connectivity index is 2.02. The molecule has 3 nitrogen and oxygen atoms in total. The largest absolute Gasteiger partial charge is 0.506 e. The van der Waals surface area contributed by atoms with Crippen LogP contribution in [-0.4, -0.2) is 18.5 Å². The number of aromatic hydroxyl groups is 1. The zero-order chi connectivity index (χ0) is 19.4. The van der Waals surface area contributed by atoms with E-state index in [1.54, 1.807) is 13.2 Å². The number of hydrogen-bond donors (Lipinski definition) is 1. The first-order valence-corrected chi connectivity index (χ1v) is 10.2. The van der Waals surface area contributed by atoms with Crippen molar-refractivity contribution >= 4 is 40.8 Å². The van der Waals surface area contributed by atoms with E-state index >= 15 is 0 Å². The molecule has 0 heterocycles. The van der Waals surface area contributed by atoms with Gasteiger partial charge in [-0.25, -0.2) is 0 Å². The van der Waals surface area contributed by atoms with Crippen LogP contribution in [0.2, 0.25) is 10.0 Å². The number of methoxy groups -OCH3 is 1. The molecule has 0 fully saturated rings. The second-order valence-electron chi connectivity index (χ2n) is 5.87. The molecule has 0 aliphatic rings. The van der Waals surface area contributed by atoms with Crippen molar-refractivity contribution in [3.63, 3.8) is 0 Å². The summed E-state index contributed by atoms with van der Waals surface area (Å²) in [5.41, 5.74) is 3.76. The highest BCUT2D eigenvalue weighted by Gasteiger charge is 2.17. The van der Waals surface area contributed by atoms with Gasteiger partial charge < -0.3 is 14.1 Å². The predicted octanol–water partition coefficient (Wildman–Crippen LogP) is 6.66. The summed E-state index contributed by atoms with van der Waals surface area (Å²) in [5.74, 6) is 0.787. The van der Waals surface area contributed by atoms with Crippen LogP contribution in [0, 0.1) is 0 Å². The third kappa shape index (κ3) is 4.46. The van der Waals surface area contributed by atoms with Crippen LogP contribution >= 0.6 is 35.1 Å². The quantitative estimate of drug-likeness (QED) is 0.452. The van der Waals surface area contributed by atoms with Gasteiger partial charge >= 0.3 is 0 Å². The van der Waals surface area contributed by atoms with Crippen molar-refractivity contribution < 1.29 is 9.84 Å². The second-order valence-corrected chi connectivity index (χ2v) is 7.52. The number of nitrogens with zero attached hydrogens (tertiary/aromatic N) is 1. The van der Waals surface area contributed by atoms with Crippen molar-refractivity contribution in [2.24, 2.45) is 0 Å². The van der Waals surface area contributed by atoms with Gasteiger partial charge in [0, 0.05) is 16.8 Å². The summed E-state index contributed by atoms with van der Waals surface area (Å²) in [6.45, 7) is 0.419. The Morgan fingerprint density at radius 2 is 1.74 bits per heavy atom. The molecule has 0 aliphatic heterocycles. The van der Waals surface area contributed by atoms with Crippen LogP contribution in [0.3, 0.4) is 0 Å². The topological polar surface area (TPSA) is 32.7 Å². The number of rotatable bonds is 6. The molecule has 0 aromatic heterocycles. The monoisotopic (exact) mass is 419 g/mol. The van der Waals surface area contributed by atoms with Gasteiger partial charge in [0.1, 0.15) is 11.5 Å². The molecule has 0 bridgehead atoms. The van der Waals surface area contributed by atoms with Crippen molar-refractivity contribution in [3.05, 3.63) is 76.3 Å². The Morgan fingerprint density at radius 1 is 1.00 bits per heavy atom. The first kappa shape index (κ1) is 19.7. The molecule has 6 heteroatoms. The summed E-state index contributed by atoms with van der Waals surface area (Å²) < 4.78 is 7.60. The van der Waals surface area contributed by atoms with Gasteiger partial charge in [-0.3, -0.25) is 0 Å². The zero-order valence-electron chi connectivity index (χ0n) is 14.9. The number of phenolic OH excluding ortho intramolecular Hbond substituents is 1. The number of ether oxygens (including phenoxy) is 1. The molecule has 0 amide bonds. The normalized spacial score (nSPS) is 10.7. The minimum absolute atomic E-state index is 0.0401. The Kier molecular flexibility index (Phi) is 6.42. The minimum Gasteiger partial charge on any atom is -0.506 e. The Hall–Kier alpha value is -2.01. The van der Waals surface area contributed by atoms with Crippen molar-refractivity contribution in [1.29, 1.82) is 0 Å². The van der Waals surface area contributed by atoms with Crippen LogP contribution < -0.4 is 9.04 Å². The van der Waals surface area contributed by atoms with E-state index in [1.807, 2.05) is 40.9 Å². The van der Waals surface area contributed by atoms with Gasteiger partial charge in [-0.15, -0.1) is 0 Å². The van der Waals surface area contributed by atoms with Gasteiger partial charge in [-0.05, 0) is 35.4 Å². The number of halogens is 2. The fraction of sp³-hybridized carbons (Fsp3) is 0.143. The third-order valence-electron chi connectivity index (χ3n) is 4.20. The van der Waals surface area contributed by atoms with E-state index < -0.39 is 0 Å². The first-order valence-electron chi connectivity index (χ1n) is 8.25. The maximum absolute atomic E-state index is 10.3. The number of benzene rings is 3. The highest BCUT2D eigenvalue weighted by molar-refractivity contribution is 7.99. The van der Waals surface area contributed by atoms with Gasteiger partial charge in [-0.1, -0.05) is 71.5 Å². The van der Waals surface area contributed by atoms with Crippen LogP contribution in [0.4, 0.5) is 5.69 Å². The first-order chi connectivity index (χ1) is 13.0. The highest BCUT2D eigenvalue weighted by atomic mass is 35.5. The summed E-state index contributed by atoms with van der Waals surface area (Å²) in [5, 5.41) is 11.0. The lowest BCUT2D eigenvalue weighted by Crippen LogP contribution is -2.14. The van der Waals surface area contributed by atoms with Crippen molar-refractivity contribution in [2.45, 2.75) is 6.54 Å². The molecule has 0 radical (unpaired) electrons. The van der Waals surface area contributed by atoms with Crippen molar-refractivity contribution in [1.82, 2.24) is 0 Å². The summed E-state index contributed by atoms with van der Waals surface area (Å²) in [6.07, 6.45) is 1.97. The number of hydrogen-bond acceptors (Lipinski definition) is 4. The van der Waals surface area contributed by atoms with E-state index in [2.05, 4.69) is 18.2 Å². The lowest BCUT2D eigenvalue weighted by Gasteiger charge is -2.25. The smallest absolute Gasteiger partial charge is 0.143 e. The average molecular weight is 420 g/mol. The average Bonchev–Trinajstić information content (AvgIpc) is 2.69. The Labute approximate surface area is 173 Å². The molecule has 0 spiro atoms.